The molecule has 0 saturated carbocycles. The van der Waals surface area contributed by atoms with Crippen LogP contribution in [0.25, 0.3) is 0 Å². The molecule has 0 aromatic carbocycles. The van der Waals surface area contributed by atoms with Gasteiger partial charge in [0.15, 0.2) is 0 Å². The van der Waals surface area contributed by atoms with Crippen molar-refractivity contribution >= 4 is 17.9 Å². The molecule has 0 radical (unpaired) electrons. The largest absolute Gasteiger partial charge is 0.481 e. The molecule has 4 N–H and O–H groups in total. The predicted molar refractivity (Wildman–Crippen MR) is 50.6 cm³/mol. The Balaban J connectivity index is -0.000000155. The molecule has 0 aliphatic rings. The minimum atomic E-state index is -0.853. The van der Waals surface area contributed by atoms with Crippen LogP contribution in [0.3, 0.4) is 0 Å². The van der Waals surface area contributed by atoms with E-state index < -0.39 is 17.9 Å². The summed E-state index contributed by atoms with van der Waals surface area (Å²) in [5.41, 5.74) is 0. The first-order chi connectivity index (χ1) is 6.73. The second-order valence-corrected chi connectivity index (χ2v) is 2.26. The third-order valence-electron chi connectivity index (χ3n) is 0.549. The van der Waals surface area contributed by atoms with E-state index in [9.17, 15) is 4.79 Å². The van der Waals surface area contributed by atoms with Crippen LogP contribution in [0, 0.1) is 0 Å². The number of aliphatic carboxylic acids is 3. The quantitative estimate of drug-likeness (QED) is 0.531. The molecule has 0 unspecified atom stereocenters. The van der Waals surface area contributed by atoms with Crippen molar-refractivity contribution in [2.75, 3.05) is 6.61 Å². The van der Waals surface area contributed by atoms with Gasteiger partial charge in [0.1, 0.15) is 0 Å². The molecule has 0 rings (SSSR count). The summed E-state index contributed by atoms with van der Waals surface area (Å²) in [7, 11) is 0. The van der Waals surface area contributed by atoms with Crippen LogP contribution < -0.4 is 0 Å². The number of aliphatic hydroxyl groups excluding tert-OH is 1. The number of aliphatic hydroxyl groups is 1. The molecule has 0 spiro atoms. The van der Waals surface area contributed by atoms with Crippen molar-refractivity contribution in [1.29, 1.82) is 0 Å². The smallest absolute Gasteiger partial charge is 0.303 e. The molecule has 90 valence electrons. The summed E-state index contributed by atoms with van der Waals surface area (Å²) < 4.78 is 0. The molecule has 7 nitrogen and oxygen atoms in total. The fourth-order valence-corrected chi connectivity index (χ4v) is 0.230. The maximum Gasteiger partial charge on any atom is 0.303 e. The Kier molecular flexibility index (Phi) is 18.9. The van der Waals surface area contributed by atoms with Crippen molar-refractivity contribution in [3.63, 3.8) is 0 Å². The van der Waals surface area contributed by atoms with Crippen molar-refractivity contribution in [3.8, 4) is 0 Å². The molecule has 0 aromatic heterocycles. The Morgan fingerprint density at radius 3 is 1.27 bits per heavy atom. The first-order valence-electron chi connectivity index (χ1n) is 3.95. The van der Waals surface area contributed by atoms with Gasteiger partial charge in [-0.25, -0.2) is 0 Å². The molecule has 0 amide bonds. The Hall–Kier alpha value is -1.63. The highest BCUT2D eigenvalue weighted by Crippen LogP contribution is 1.83. The van der Waals surface area contributed by atoms with Gasteiger partial charge < -0.3 is 20.4 Å². The summed E-state index contributed by atoms with van der Waals surface area (Å²) in [5, 5.41) is 30.8. The fraction of sp³-hybridized carbons (Fsp3) is 0.625. The van der Waals surface area contributed by atoms with Gasteiger partial charge in [0.2, 0.25) is 0 Å². The van der Waals surface area contributed by atoms with Gasteiger partial charge in [-0.05, 0) is 6.42 Å². The van der Waals surface area contributed by atoms with E-state index in [1.807, 2.05) is 0 Å². The lowest BCUT2D eigenvalue weighted by molar-refractivity contribution is -0.137. The zero-order valence-electron chi connectivity index (χ0n) is 8.63. The number of carboxylic acids is 3. The normalized spacial score (nSPS) is 7.40. The van der Waals surface area contributed by atoms with Gasteiger partial charge in [0, 0.05) is 26.9 Å². The number of carbonyl (C=O) groups is 3. The lowest BCUT2D eigenvalue weighted by atomic mass is 10.3. The number of hydrogen-bond acceptors (Lipinski definition) is 4. The topological polar surface area (TPSA) is 132 Å². The predicted octanol–water partition coefficient (Wildman–Crippen LogP) is 0.0253. The zero-order valence-corrected chi connectivity index (χ0v) is 8.63. The fourth-order valence-electron chi connectivity index (χ4n) is 0.230. The molecule has 0 heterocycles. The SMILES string of the molecule is CC(=O)O.CC(=O)O.O=C(O)CCCO. The van der Waals surface area contributed by atoms with E-state index in [0.717, 1.165) is 13.8 Å². The van der Waals surface area contributed by atoms with Gasteiger partial charge in [-0.2, -0.15) is 0 Å². The monoisotopic (exact) mass is 224 g/mol. The van der Waals surface area contributed by atoms with E-state index in [4.69, 9.17) is 30.0 Å². The summed E-state index contributed by atoms with van der Waals surface area (Å²) >= 11 is 0. The number of hydrogen-bond donors (Lipinski definition) is 4. The Morgan fingerprint density at radius 2 is 1.20 bits per heavy atom. The number of rotatable bonds is 3. The summed E-state index contributed by atoms with van der Waals surface area (Å²) in [4.78, 5) is 27.6. The van der Waals surface area contributed by atoms with Crippen LogP contribution >= 0.6 is 0 Å². The molecule has 0 aliphatic heterocycles. The highest BCUT2D eigenvalue weighted by Gasteiger charge is 1.91. The average Bonchev–Trinajstić information content (AvgIpc) is 1.98. The maximum atomic E-state index is 9.65. The van der Waals surface area contributed by atoms with Crippen molar-refractivity contribution < 1.29 is 34.8 Å². The van der Waals surface area contributed by atoms with Crippen LogP contribution in [-0.2, 0) is 14.4 Å². The highest BCUT2D eigenvalue weighted by molar-refractivity contribution is 5.66. The lowest BCUT2D eigenvalue weighted by Crippen LogP contribution is -1.95. The first kappa shape index (κ1) is 19.0. The van der Waals surface area contributed by atoms with Crippen molar-refractivity contribution in [2.24, 2.45) is 0 Å². The van der Waals surface area contributed by atoms with Crippen LogP contribution in [0.15, 0.2) is 0 Å². The summed E-state index contributed by atoms with van der Waals surface area (Å²) in [6.07, 6.45) is 0.422. The third kappa shape index (κ3) is 237. The molecule has 15 heavy (non-hydrogen) atoms. The lowest BCUT2D eigenvalue weighted by Gasteiger charge is -1.85. The molecule has 0 fully saturated rings. The van der Waals surface area contributed by atoms with E-state index in [2.05, 4.69) is 0 Å². The van der Waals surface area contributed by atoms with Crippen LogP contribution in [0.2, 0.25) is 0 Å². The third-order valence-corrected chi connectivity index (χ3v) is 0.549. The van der Waals surface area contributed by atoms with Gasteiger partial charge in [-0.1, -0.05) is 0 Å². The molecule has 7 heteroatoms. The van der Waals surface area contributed by atoms with Crippen LogP contribution in [-0.4, -0.2) is 44.9 Å². The van der Waals surface area contributed by atoms with E-state index in [-0.39, 0.29) is 13.0 Å². The second-order valence-electron chi connectivity index (χ2n) is 2.26. The molecule has 0 atom stereocenters. The van der Waals surface area contributed by atoms with Crippen LogP contribution in [0.4, 0.5) is 0 Å². The minimum Gasteiger partial charge on any atom is -0.481 e. The van der Waals surface area contributed by atoms with Gasteiger partial charge in [-0.15, -0.1) is 0 Å². The van der Waals surface area contributed by atoms with Gasteiger partial charge in [0.05, 0.1) is 0 Å². The Bertz CT molecular complexity index is 167. The zero-order chi connectivity index (χ0) is 12.9. The van der Waals surface area contributed by atoms with E-state index in [1.54, 1.807) is 0 Å². The second kappa shape index (κ2) is 14.9. The summed E-state index contributed by atoms with van der Waals surface area (Å²) in [5.74, 6) is -2.52. The molecule has 0 aliphatic carbocycles. The summed E-state index contributed by atoms with van der Waals surface area (Å²) in [6.45, 7) is 2.13. The van der Waals surface area contributed by atoms with Crippen molar-refractivity contribution in [3.05, 3.63) is 0 Å². The Labute approximate surface area is 87.0 Å². The summed E-state index contributed by atoms with van der Waals surface area (Å²) in [6, 6.07) is 0. The highest BCUT2D eigenvalue weighted by atomic mass is 16.4. The number of carboxylic acid groups (broad SMARTS) is 3. The molecular weight excluding hydrogens is 208 g/mol. The molecular formula is C8H16O7. The maximum absolute atomic E-state index is 9.65. The van der Waals surface area contributed by atoms with Crippen molar-refractivity contribution in [2.45, 2.75) is 26.7 Å². The average molecular weight is 224 g/mol. The molecule has 0 saturated heterocycles. The van der Waals surface area contributed by atoms with E-state index in [1.165, 1.54) is 0 Å². The van der Waals surface area contributed by atoms with Crippen LogP contribution in [0.1, 0.15) is 26.7 Å². The first-order valence-corrected chi connectivity index (χ1v) is 3.95. The molecule has 0 bridgehead atoms. The van der Waals surface area contributed by atoms with E-state index in [0.29, 0.717) is 6.42 Å². The standard InChI is InChI=1S/C4H8O3.2C2H4O2/c5-3-1-2-4(6)7;2*1-2(3)4/h5H,1-3H2,(H,6,7);2*1H3,(H,3,4). The van der Waals surface area contributed by atoms with Crippen molar-refractivity contribution in [1.82, 2.24) is 0 Å². The van der Waals surface area contributed by atoms with Gasteiger partial charge >= 0.3 is 5.97 Å². The Morgan fingerprint density at radius 1 is 0.933 bits per heavy atom. The van der Waals surface area contributed by atoms with Gasteiger partial charge in [0.25, 0.3) is 11.9 Å². The minimum absolute atomic E-state index is 0.0354. The van der Waals surface area contributed by atoms with E-state index >= 15 is 0 Å². The van der Waals surface area contributed by atoms with Gasteiger partial charge in [-0.3, -0.25) is 14.4 Å². The van der Waals surface area contributed by atoms with Crippen LogP contribution in [0.5, 0.6) is 0 Å². The molecule has 0 aromatic rings.